The molecule has 0 fully saturated rings. The summed E-state index contributed by atoms with van der Waals surface area (Å²) in [5, 5.41) is 0. The lowest BCUT2D eigenvalue weighted by Crippen LogP contribution is -2.05. The molecule has 0 aliphatic carbocycles. The molecule has 3 aromatic rings. The smallest absolute Gasteiger partial charge is 0.149 e. The molecule has 0 aliphatic rings. The van der Waals surface area contributed by atoms with Crippen LogP contribution in [-0.4, -0.2) is 9.55 Å². The number of benzene rings is 2. The quantitative estimate of drug-likeness (QED) is 0.720. The van der Waals surface area contributed by atoms with Crippen molar-refractivity contribution in [2.24, 2.45) is 0 Å². The van der Waals surface area contributed by atoms with Crippen LogP contribution in [0.25, 0.3) is 22.4 Å². The first-order valence-corrected chi connectivity index (χ1v) is 6.71. The van der Waals surface area contributed by atoms with Gasteiger partial charge >= 0.3 is 0 Å². The monoisotopic (exact) mass is 287 g/mol. The highest BCUT2D eigenvalue weighted by Crippen LogP contribution is 2.31. The minimum atomic E-state index is -0.761. The van der Waals surface area contributed by atoms with Gasteiger partial charge in [-0.05, 0) is 32.0 Å². The third kappa shape index (κ3) is 2.14. The Labute approximate surface area is 121 Å². The van der Waals surface area contributed by atoms with Crippen molar-refractivity contribution >= 4 is 16.7 Å². The van der Waals surface area contributed by atoms with Crippen molar-refractivity contribution in [1.29, 1.82) is 0 Å². The molecule has 0 bridgehead atoms. The molecule has 0 atom stereocenters. The number of nitrogen functional groups attached to an aromatic ring is 1. The molecule has 0 spiro atoms. The van der Waals surface area contributed by atoms with Gasteiger partial charge in [0.05, 0.1) is 22.3 Å². The first-order chi connectivity index (χ1) is 9.99. The molecule has 108 valence electrons. The van der Waals surface area contributed by atoms with E-state index in [1.807, 2.05) is 42.7 Å². The fraction of sp³-hybridized carbons (Fsp3) is 0.188. The van der Waals surface area contributed by atoms with Crippen molar-refractivity contribution in [3.05, 3.63) is 48.0 Å². The second kappa shape index (κ2) is 4.84. The summed E-state index contributed by atoms with van der Waals surface area (Å²) in [5.41, 5.74) is 7.36. The molecular formula is C16H15F2N3. The van der Waals surface area contributed by atoms with Gasteiger partial charge in [-0.25, -0.2) is 13.8 Å². The maximum Gasteiger partial charge on any atom is 0.149 e. The van der Waals surface area contributed by atoms with Gasteiger partial charge in [-0.2, -0.15) is 0 Å². The highest BCUT2D eigenvalue weighted by atomic mass is 19.1. The number of anilines is 1. The molecule has 0 amide bonds. The second-order valence-corrected chi connectivity index (χ2v) is 5.24. The van der Waals surface area contributed by atoms with Crippen LogP contribution in [-0.2, 0) is 0 Å². The average Bonchev–Trinajstić information content (AvgIpc) is 2.82. The Hall–Kier alpha value is -2.43. The zero-order valence-electron chi connectivity index (χ0n) is 11.8. The van der Waals surface area contributed by atoms with Crippen LogP contribution in [0.5, 0.6) is 0 Å². The van der Waals surface area contributed by atoms with Crippen LogP contribution < -0.4 is 5.73 Å². The molecule has 3 rings (SSSR count). The van der Waals surface area contributed by atoms with E-state index in [4.69, 9.17) is 5.73 Å². The number of hydrogen-bond acceptors (Lipinski definition) is 2. The van der Waals surface area contributed by atoms with Gasteiger partial charge in [-0.1, -0.05) is 12.1 Å². The molecule has 2 aromatic carbocycles. The number of fused-ring (bicyclic) bond motifs is 1. The average molecular weight is 287 g/mol. The number of rotatable bonds is 2. The first-order valence-electron chi connectivity index (χ1n) is 6.71. The summed E-state index contributed by atoms with van der Waals surface area (Å²) in [4.78, 5) is 4.48. The highest BCUT2D eigenvalue weighted by molar-refractivity contribution is 5.81. The Morgan fingerprint density at radius 1 is 1.10 bits per heavy atom. The summed E-state index contributed by atoms with van der Waals surface area (Å²) in [6, 6.07) is 9.75. The fourth-order valence-electron chi connectivity index (χ4n) is 2.49. The maximum atomic E-state index is 14.1. The highest BCUT2D eigenvalue weighted by Gasteiger charge is 2.19. The van der Waals surface area contributed by atoms with Crippen molar-refractivity contribution in [2.45, 2.75) is 19.9 Å². The van der Waals surface area contributed by atoms with E-state index in [-0.39, 0.29) is 17.3 Å². The molecule has 3 nitrogen and oxygen atoms in total. The second-order valence-electron chi connectivity index (χ2n) is 5.24. The topological polar surface area (TPSA) is 43.8 Å². The number of halogens is 2. The predicted molar refractivity (Wildman–Crippen MR) is 79.9 cm³/mol. The molecule has 0 saturated heterocycles. The van der Waals surface area contributed by atoms with Crippen LogP contribution in [0.4, 0.5) is 14.5 Å². The zero-order chi connectivity index (χ0) is 15.1. The minimum absolute atomic E-state index is 0.0816. The molecule has 0 aliphatic heterocycles. The number of imidazole rings is 1. The summed E-state index contributed by atoms with van der Waals surface area (Å²) < 4.78 is 29.4. The number of nitrogens with two attached hydrogens (primary N) is 1. The molecule has 1 heterocycles. The lowest BCUT2D eigenvalue weighted by atomic mass is 10.1. The van der Waals surface area contributed by atoms with Gasteiger partial charge in [0.1, 0.15) is 17.5 Å². The van der Waals surface area contributed by atoms with E-state index in [0.717, 1.165) is 17.1 Å². The summed E-state index contributed by atoms with van der Waals surface area (Å²) in [5.74, 6) is -0.974. The fourth-order valence-corrected chi connectivity index (χ4v) is 2.49. The summed E-state index contributed by atoms with van der Waals surface area (Å²) in [6.45, 7) is 3.98. The van der Waals surface area contributed by atoms with E-state index in [1.54, 1.807) is 0 Å². The molecule has 0 saturated carbocycles. The molecule has 0 radical (unpaired) electrons. The Morgan fingerprint density at radius 2 is 1.81 bits per heavy atom. The lowest BCUT2D eigenvalue weighted by Gasteiger charge is -2.14. The SMILES string of the molecule is CC(C)n1c(-c2cc(N)c(F)cc2F)nc2ccccc21. The van der Waals surface area contributed by atoms with Crippen molar-refractivity contribution in [3.8, 4) is 11.4 Å². The lowest BCUT2D eigenvalue weighted by molar-refractivity contribution is 0.582. The van der Waals surface area contributed by atoms with E-state index in [0.29, 0.717) is 5.82 Å². The van der Waals surface area contributed by atoms with Gasteiger partial charge in [-0.15, -0.1) is 0 Å². The molecule has 21 heavy (non-hydrogen) atoms. The van der Waals surface area contributed by atoms with Gasteiger partial charge in [0.25, 0.3) is 0 Å². The number of para-hydroxylation sites is 2. The Morgan fingerprint density at radius 3 is 2.52 bits per heavy atom. The maximum absolute atomic E-state index is 14.1. The Balaban J connectivity index is 2.35. The van der Waals surface area contributed by atoms with E-state index in [2.05, 4.69) is 4.98 Å². The van der Waals surface area contributed by atoms with E-state index < -0.39 is 11.6 Å². The third-order valence-electron chi connectivity index (χ3n) is 3.44. The standard InChI is InChI=1S/C16H15F2N3/c1-9(2)21-15-6-4-3-5-14(15)20-16(21)10-7-13(19)12(18)8-11(10)17/h3-9H,19H2,1-2H3. The zero-order valence-corrected chi connectivity index (χ0v) is 11.8. The van der Waals surface area contributed by atoms with Gasteiger partial charge in [0.2, 0.25) is 0 Å². The van der Waals surface area contributed by atoms with Crippen LogP contribution in [0.15, 0.2) is 36.4 Å². The normalized spacial score (nSPS) is 11.5. The predicted octanol–water partition coefficient (Wildman–Crippen LogP) is 4.14. The van der Waals surface area contributed by atoms with Crippen molar-refractivity contribution < 1.29 is 8.78 Å². The van der Waals surface area contributed by atoms with Gasteiger partial charge in [0.15, 0.2) is 0 Å². The van der Waals surface area contributed by atoms with Crippen LogP contribution in [0, 0.1) is 11.6 Å². The largest absolute Gasteiger partial charge is 0.396 e. The number of hydrogen-bond donors (Lipinski definition) is 1. The molecular weight excluding hydrogens is 272 g/mol. The van der Waals surface area contributed by atoms with Crippen molar-refractivity contribution in [3.63, 3.8) is 0 Å². The first kappa shape index (κ1) is 13.5. The van der Waals surface area contributed by atoms with E-state index in [1.165, 1.54) is 6.07 Å². The van der Waals surface area contributed by atoms with Crippen LogP contribution in [0.3, 0.4) is 0 Å². The summed E-state index contributed by atoms with van der Waals surface area (Å²) >= 11 is 0. The molecule has 0 unspecified atom stereocenters. The van der Waals surface area contributed by atoms with E-state index >= 15 is 0 Å². The molecule has 5 heteroatoms. The van der Waals surface area contributed by atoms with Gasteiger partial charge in [0, 0.05) is 12.1 Å². The van der Waals surface area contributed by atoms with Crippen LogP contribution in [0.2, 0.25) is 0 Å². The number of aromatic nitrogens is 2. The third-order valence-corrected chi connectivity index (χ3v) is 3.44. The molecule has 2 N–H and O–H groups in total. The van der Waals surface area contributed by atoms with Crippen LogP contribution >= 0.6 is 0 Å². The molecule has 1 aromatic heterocycles. The van der Waals surface area contributed by atoms with Crippen molar-refractivity contribution in [1.82, 2.24) is 9.55 Å². The summed E-state index contributed by atoms with van der Waals surface area (Å²) in [6.07, 6.45) is 0. The summed E-state index contributed by atoms with van der Waals surface area (Å²) in [7, 11) is 0. The Kier molecular flexibility index (Phi) is 3.12. The van der Waals surface area contributed by atoms with Crippen molar-refractivity contribution in [2.75, 3.05) is 5.73 Å². The Bertz CT molecular complexity index is 822. The minimum Gasteiger partial charge on any atom is -0.396 e. The van der Waals surface area contributed by atoms with Gasteiger partial charge < -0.3 is 10.3 Å². The van der Waals surface area contributed by atoms with Crippen LogP contribution in [0.1, 0.15) is 19.9 Å². The van der Waals surface area contributed by atoms with E-state index in [9.17, 15) is 8.78 Å². The number of nitrogens with zero attached hydrogens (tertiary/aromatic N) is 2. The van der Waals surface area contributed by atoms with Gasteiger partial charge in [-0.3, -0.25) is 0 Å².